The first-order valence-electron chi connectivity index (χ1n) is 11.8. The fourth-order valence-corrected chi connectivity index (χ4v) is 4.77. The van der Waals surface area contributed by atoms with Gasteiger partial charge in [0.25, 0.3) is 5.91 Å². The zero-order chi connectivity index (χ0) is 24.2. The Labute approximate surface area is 199 Å². The summed E-state index contributed by atoms with van der Waals surface area (Å²) in [6.45, 7) is 2.08. The van der Waals surface area contributed by atoms with Gasteiger partial charge in [-0.1, -0.05) is 19.8 Å². The minimum absolute atomic E-state index is 0.0722. The van der Waals surface area contributed by atoms with Gasteiger partial charge in [-0.2, -0.15) is 4.98 Å². The molecule has 2 aliphatic rings. The molecule has 0 spiro atoms. The van der Waals surface area contributed by atoms with Crippen LogP contribution in [0, 0.1) is 0 Å². The van der Waals surface area contributed by atoms with Gasteiger partial charge in [0, 0.05) is 25.2 Å². The average molecular weight is 469 g/mol. The standard InChI is InChI=1S/C24H32N6O4/c1-4-18-23(33)29(2)19-14-26-24(28-21(19)30(18)16-7-5-6-8-16)27-17-10-9-15(13-20(17)34-3)22(32)25-11-12-31/h9-10,13-14,16,18,31H,4-8,11-12H2,1-3H3,(H,25,32)(H,26,27,28)/t18-/m1/s1. The fourth-order valence-electron chi connectivity index (χ4n) is 4.77. The van der Waals surface area contributed by atoms with Crippen molar-refractivity contribution in [3.8, 4) is 5.75 Å². The molecule has 10 heteroatoms. The first kappa shape index (κ1) is 23.7. The van der Waals surface area contributed by atoms with Gasteiger partial charge in [0.2, 0.25) is 11.9 Å². The SMILES string of the molecule is CC[C@@H]1C(=O)N(C)c2cnc(Nc3ccc(C(=O)NCCO)cc3OC)nc2N1C1CCCC1. The average Bonchev–Trinajstić information content (AvgIpc) is 3.39. The Hall–Kier alpha value is -3.40. The highest BCUT2D eigenvalue weighted by atomic mass is 16.5. The number of benzene rings is 1. The summed E-state index contributed by atoms with van der Waals surface area (Å²) in [5, 5.41) is 14.7. The van der Waals surface area contributed by atoms with E-state index < -0.39 is 0 Å². The predicted octanol–water partition coefficient (Wildman–Crippen LogP) is 2.45. The number of amides is 2. The molecule has 2 aromatic rings. The first-order chi connectivity index (χ1) is 16.5. The third-order valence-electron chi connectivity index (χ3n) is 6.52. The second-order valence-electron chi connectivity index (χ2n) is 8.59. The van der Waals surface area contributed by atoms with E-state index in [0.29, 0.717) is 35.1 Å². The number of anilines is 4. The van der Waals surface area contributed by atoms with Crippen LogP contribution in [0.15, 0.2) is 24.4 Å². The Morgan fingerprint density at radius 3 is 2.74 bits per heavy atom. The maximum atomic E-state index is 13.0. The molecule has 0 saturated heterocycles. The van der Waals surface area contributed by atoms with Crippen LogP contribution in [-0.4, -0.2) is 66.3 Å². The molecule has 1 aromatic carbocycles. The van der Waals surface area contributed by atoms with Crippen molar-refractivity contribution < 1.29 is 19.4 Å². The van der Waals surface area contributed by atoms with Crippen LogP contribution in [0.5, 0.6) is 5.75 Å². The van der Waals surface area contributed by atoms with Crippen molar-refractivity contribution in [1.82, 2.24) is 15.3 Å². The second-order valence-corrected chi connectivity index (χ2v) is 8.59. The lowest BCUT2D eigenvalue weighted by Crippen LogP contribution is -2.55. The zero-order valence-electron chi connectivity index (χ0n) is 19.9. The quantitative estimate of drug-likeness (QED) is 0.540. The van der Waals surface area contributed by atoms with Crippen molar-refractivity contribution in [1.29, 1.82) is 0 Å². The van der Waals surface area contributed by atoms with Gasteiger partial charge < -0.3 is 30.3 Å². The Kier molecular flexibility index (Phi) is 7.16. The van der Waals surface area contributed by atoms with Crippen molar-refractivity contribution in [2.75, 3.05) is 42.4 Å². The van der Waals surface area contributed by atoms with Crippen LogP contribution in [0.25, 0.3) is 0 Å². The van der Waals surface area contributed by atoms with Gasteiger partial charge in [-0.05, 0) is 37.5 Å². The molecule has 1 aliphatic heterocycles. The van der Waals surface area contributed by atoms with Crippen LogP contribution < -0.4 is 25.2 Å². The Morgan fingerprint density at radius 1 is 1.29 bits per heavy atom. The molecule has 1 aliphatic carbocycles. The number of hydrogen-bond donors (Lipinski definition) is 3. The molecule has 2 heterocycles. The highest BCUT2D eigenvalue weighted by Crippen LogP contribution is 2.40. The van der Waals surface area contributed by atoms with Crippen LogP contribution in [0.2, 0.25) is 0 Å². The van der Waals surface area contributed by atoms with Crippen LogP contribution in [0.1, 0.15) is 49.4 Å². The molecule has 0 unspecified atom stereocenters. The topological polar surface area (TPSA) is 120 Å². The molecule has 2 amide bonds. The molecule has 34 heavy (non-hydrogen) atoms. The number of hydrogen-bond acceptors (Lipinski definition) is 8. The van der Waals surface area contributed by atoms with Crippen LogP contribution in [0.4, 0.5) is 23.1 Å². The number of likely N-dealkylation sites (N-methyl/N-ethyl adjacent to an activating group) is 1. The molecule has 1 atom stereocenters. The lowest BCUT2D eigenvalue weighted by atomic mass is 10.0. The maximum absolute atomic E-state index is 13.0. The van der Waals surface area contributed by atoms with Crippen molar-refractivity contribution in [3.05, 3.63) is 30.0 Å². The van der Waals surface area contributed by atoms with Crippen LogP contribution in [-0.2, 0) is 4.79 Å². The van der Waals surface area contributed by atoms with Crippen molar-refractivity contribution in [2.45, 2.75) is 51.1 Å². The van der Waals surface area contributed by atoms with Gasteiger partial charge >= 0.3 is 0 Å². The van der Waals surface area contributed by atoms with E-state index in [1.165, 1.54) is 7.11 Å². The Morgan fingerprint density at radius 2 is 2.06 bits per heavy atom. The molecule has 10 nitrogen and oxygen atoms in total. The lowest BCUT2D eigenvalue weighted by Gasteiger charge is -2.43. The van der Waals surface area contributed by atoms with E-state index in [1.54, 1.807) is 36.3 Å². The number of fused-ring (bicyclic) bond motifs is 1. The largest absolute Gasteiger partial charge is 0.495 e. The number of ether oxygens (including phenoxy) is 1. The summed E-state index contributed by atoms with van der Waals surface area (Å²) < 4.78 is 5.48. The van der Waals surface area contributed by atoms with Crippen LogP contribution in [0.3, 0.4) is 0 Å². The first-order valence-corrected chi connectivity index (χ1v) is 11.8. The number of nitrogens with zero attached hydrogens (tertiary/aromatic N) is 4. The van der Waals surface area contributed by atoms with Gasteiger partial charge in [-0.15, -0.1) is 0 Å². The predicted molar refractivity (Wildman–Crippen MR) is 130 cm³/mol. The van der Waals surface area contributed by atoms with Gasteiger partial charge in [0.15, 0.2) is 5.82 Å². The molecule has 1 fully saturated rings. The second kappa shape index (κ2) is 10.3. The summed E-state index contributed by atoms with van der Waals surface area (Å²) in [4.78, 5) is 38.4. The van der Waals surface area contributed by atoms with E-state index in [0.717, 1.165) is 31.5 Å². The summed E-state index contributed by atoms with van der Waals surface area (Å²) in [7, 11) is 3.30. The monoisotopic (exact) mass is 468 g/mol. The van der Waals surface area contributed by atoms with Gasteiger partial charge in [0.1, 0.15) is 17.5 Å². The smallest absolute Gasteiger partial charge is 0.251 e. The van der Waals surface area contributed by atoms with Crippen molar-refractivity contribution in [3.63, 3.8) is 0 Å². The number of carbonyl (C=O) groups excluding carboxylic acids is 2. The summed E-state index contributed by atoms with van der Waals surface area (Å²) in [6, 6.07) is 5.07. The van der Waals surface area contributed by atoms with E-state index in [2.05, 4.69) is 20.5 Å². The van der Waals surface area contributed by atoms with E-state index in [4.69, 9.17) is 14.8 Å². The number of methoxy groups -OCH3 is 1. The van der Waals surface area contributed by atoms with E-state index in [9.17, 15) is 9.59 Å². The molecule has 1 saturated carbocycles. The summed E-state index contributed by atoms with van der Waals surface area (Å²) in [6.07, 6.45) is 6.80. The number of carbonyl (C=O) groups is 2. The number of rotatable bonds is 8. The molecular formula is C24H32N6O4. The van der Waals surface area contributed by atoms with Crippen LogP contribution >= 0.6 is 0 Å². The molecule has 0 bridgehead atoms. The normalized spacial score (nSPS) is 18.1. The highest BCUT2D eigenvalue weighted by Gasteiger charge is 2.41. The molecule has 4 rings (SSSR count). The minimum atomic E-state index is -0.297. The molecular weight excluding hydrogens is 436 g/mol. The fraction of sp³-hybridized carbons (Fsp3) is 0.500. The van der Waals surface area contributed by atoms with E-state index in [1.807, 2.05) is 6.92 Å². The third kappa shape index (κ3) is 4.50. The Balaban J connectivity index is 1.65. The summed E-state index contributed by atoms with van der Waals surface area (Å²) in [5.74, 6) is 1.38. The van der Waals surface area contributed by atoms with Gasteiger partial charge in [-0.25, -0.2) is 4.98 Å². The maximum Gasteiger partial charge on any atom is 0.251 e. The molecule has 3 N–H and O–H groups in total. The molecule has 182 valence electrons. The third-order valence-corrected chi connectivity index (χ3v) is 6.52. The number of nitrogens with one attached hydrogen (secondary N) is 2. The Bertz CT molecular complexity index is 1060. The molecule has 1 aromatic heterocycles. The van der Waals surface area contributed by atoms with Crippen molar-refractivity contribution >= 4 is 35.0 Å². The summed E-state index contributed by atoms with van der Waals surface area (Å²) in [5.41, 5.74) is 1.73. The highest BCUT2D eigenvalue weighted by molar-refractivity contribution is 6.04. The number of aliphatic hydroxyl groups is 1. The zero-order valence-corrected chi connectivity index (χ0v) is 19.9. The van der Waals surface area contributed by atoms with E-state index >= 15 is 0 Å². The summed E-state index contributed by atoms with van der Waals surface area (Å²) >= 11 is 0. The number of aliphatic hydroxyl groups excluding tert-OH is 1. The van der Waals surface area contributed by atoms with Gasteiger partial charge in [0.05, 0.1) is 25.6 Å². The lowest BCUT2D eigenvalue weighted by molar-refractivity contribution is -0.120. The van der Waals surface area contributed by atoms with Gasteiger partial charge in [-0.3, -0.25) is 9.59 Å². The van der Waals surface area contributed by atoms with E-state index in [-0.39, 0.29) is 37.0 Å². The van der Waals surface area contributed by atoms with Crippen molar-refractivity contribution in [2.24, 2.45) is 0 Å². The number of aromatic nitrogens is 2. The molecule has 0 radical (unpaired) electrons. The minimum Gasteiger partial charge on any atom is -0.495 e.